The van der Waals surface area contributed by atoms with E-state index < -0.39 is 0 Å². The number of rotatable bonds is 5. The normalized spacial score (nSPS) is 19.8. The van der Waals surface area contributed by atoms with Crippen molar-refractivity contribution < 1.29 is 9.59 Å². The van der Waals surface area contributed by atoms with Crippen LogP contribution in [0.1, 0.15) is 44.2 Å². The van der Waals surface area contributed by atoms with Crippen LogP contribution in [0.25, 0.3) is 0 Å². The van der Waals surface area contributed by atoms with Crippen LogP contribution in [-0.4, -0.2) is 36.1 Å². The summed E-state index contributed by atoms with van der Waals surface area (Å²) in [5.74, 6) is 0.729. The predicted octanol–water partition coefficient (Wildman–Crippen LogP) is 3.23. The quantitative estimate of drug-likeness (QED) is 0.833. The molecule has 0 spiro atoms. The maximum absolute atomic E-state index is 12.5. The molecule has 24 heavy (non-hydrogen) atoms. The molecule has 1 unspecified atom stereocenters. The Hall–Kier alpha value is -1.49. The lowest BCUT2D eigenvalue weighted by Crippen LogP contribution is -2.43. The monoisotopic (exact) mass is 346 g/mol. The highest BCUT2D eigenvalue weighted by atomic mass is 32.2. The highest BCUT2D eigenvalue weighted by molar-refractivity contribution is 7.98. The van der Waals surface area contributed by atoms with E-state index in [2.05, 4.69) is 35.8 Å². The van der Waals surface area contributed by atoms with Crippen LogP contribution in [-0.2, 0) is 9.59 Å². The summed E-state index contributed by atoms with van der Waals surface area (Å²) in [5.41, 5.74) is 1.13. The number of benzene rings is 1. The molecule has 5 heteroatoms. The minimum atomic E-state index is 0.0135. The first-order chi connectivity index (χ1) is 11.6. The van der Waals surface area contributed by atoms with Crippen LogP contribution in [0.3, 0.4) is 0 Å². The highest BCUT2D eigenvalue weighted by Gasteiger charge is 2.36. The highest BCUT2D eigenvalue weighted by Crippen LogP contribution is 2.32. The number of hydrogen-bond acceptors (Lipinski definition) is 3. The first kappa shape index (κ1) is 17.3. The van der Waals surface area contributed by atoms with Gasteiger partial charge in [0.15, 0.2) is 0 Å². The van der Waals surface area contributed by atoms with Crippen molar-refractivity contribution in [2.24, 2.45) is 11.8 Å². The van der Waals surface area contributed by atoms with Crippen molar-refractivity contribution in [3.8, 4) is 0 Å². The van der Waals surface area contributed by atoms with Crippen LogP contribution in [0.4, 0.5) is 0 Å². The number of piperidine rings is 1. The van der Waals surface area contributed by atoms with Crippen molar-refractivity contribution in [2.75, 3.05) is 19.3 Å². The van der Waals surface area contributed by atoms with Gasteiger partial charge in [-0.15, -0.1) is 11.8 Å². The number of nitrogens with zero attached hydrogens (tertiary/aromatic N) is 1. The Morgan fingerprint density at radius 3 is 2.25 bits per heavy atom. The van der Waals surface area contributed by atoms with Gasteiger partial charge in [0.05, 0.1) is 6.04 Å². The van der Waals surface area contributed by atoms with E-state index in [4.69, 9.17) is 0 Å². The SMILES string of the molecule is CSc1ccc(C(C)NC(=O)C2CCN(C(=O)C3CC3)CC2)cc1. The van der Waals surface area contributed by atoms with Gasteiger partial charge < -0.3 is 10.2 Å². The minimum absolute atomic E-state index is 0.0135. The van der Waals surface area contributed by atoms with Crippen LogP contribution in [0.2, 0.25) is 0 Å². The third-order valence-corrected chi connectivity index (χ3v) is 5.82. The molecule has 1 aliphatic heterocycles. The summed E-state index contributed by atoms with van der Waals surface area (Å²) in [4.78, 5) is 27.8. The van der Waals surface area contributed by atoms with Gasteiger partial charge in [-0.3, -0.25) is 9.59 Å². The van der Waals surface area contributed by atoms with Gasteiger partial charge in [0.25, 0.3) is 0 Å². The van der Waals surface area contributed by atoms with E-state index in [0.717, 1.165) is 44.3 Å². The average molecular weight is 346 g/mol. The molecule has 0 bridgehead atoms. The van der Waals surface area contributed by atoms with Gasteiger partial charge in [0.1, 0.15) is 0 Å². The number of likely N-dealkylation sites (tertiary alicyclic amines) is 1. The largest absolute Gasteiger partial charge is 0.349 e. The molecule has 1 aromatic carbocycles. The smallest absolute Gasteiger partial charge is 0.225 e. The van der Waals surface area contributed by atoms with E-state index in [1.165, 1.54) is 4.90 Å². The van der Waals surface area contributed by atoms with Crippen molar-refractivity contribution >= 4 is 23.6 Å². The maximum atomic E-state index is 12.5. The first-order valence-corrected chi connectivity index (χ1v) is 10.0. The van der Waals surface area contributed by atoms with Crippen molar-refractivity contribution in [2.45, 2.75) is 43.5 Å². The summed E-state index contributed by atoms with van der Waals surface area (Å²) in [6.07, 6.45) is 5.71. The molecule has 2 fully saturated rings. The summed E-state index contributed by atoms with van der Waals surface area (Å²) in [6, 6.07) is 8.34. The molecule has 1 aromatic rings. The van der Waals surface area contributed by atoms with Gasteiger partial charge >= 0.3 is 0 Å². The van der Waals surface area contributed by atoms with Crippen LogP contribution in [0.5, 0.6) is 0 Å². The zero-order valence-corrected chi connectivity index (χ0v) is 15.3. The zero-order chi connectivity index (χ0) is 17.1. The number of thioether (sulfide) groups is 1. The molecule has 2 aliphatic rings. The molecule has 1 saturated heterocycles. The second kappa shape index (κ2) is 7.60. The number of amides is 2. The number of carbonyl (C=O) groups is 2. The summed E-state index contributed by atoms with van der Waals surface area (Å²) < 4.78 is 0. The molecular formula is C19H26N2O2S. The fourth-order valence-electron chi connectivity index (χ4n) is 3.26. The summed E-state index contributed by atoms with van der Waals surface area (Å²) in [7, 11) is 0. The van der Waals surface area contributed by atoms with Crippen LogP contribution >= 0.6 is 11.8 Å². The Labute approximate surface area is 148 Å². The van der Waals surface area contributed by atoms with E-state index in [9.17, 15) is 9.59 Å². The molecular weight excluding hydrogens is 320 g/mol. The lowest BCUT2D eigenvalue weighted by atomic mass is 9.95. The maximum Gasteiger partial charge on any atom is 0.225 e. The minimum Gasteiger partial charge on any atom is -0.349 e. The second-order valence-electron chi connectivity index (χ2n) is 6.88. The van der Waals surface area contributed by atoms with E-state index in [-0.39, 0.29) is 23.8 Å². The van der Waals surface area contributed by atoms with Crippen molar-refractivity contribution in [3.05, 3.63) is 29.8 Å². The Bertz CT molecular complexity index is 590. The molecule has 4 nitrogen and oxygen atoms in total. The van der Waals surface area contributed by atoms with Gasteiger partial charge in [0.2, 0.25) is 11.8 Å². The predicted molar refractivity (Wildman–Crippen MR) is 96.8 cm³/mol. The first-order valence-electron chi connectivity index (χ1n) is 8.81. The molecule has 1 aliphatic carbocycles. The fraction of sp³-hybridized carbons (Fsp3) is 0.579. The van der Waals surface area contributed by atoms with Gasteiger partial charge in [0, 0.05) is 29.8 Å². The fourth-order valence-corrected chi connectivity index (χ4v) is 3.67. The lowest BCUT2D eigenvalue weighted by molar-refractivity contribution is -0.136. The van der Waals surface area contributed by atoms with Crippen LogP contribution in [0.15, 0.2) is 29.2 Å². The Balaban J connectivity index is 1.48. The molecule has 1 heterocycles. The Morgan fingerprint density at radius 1 is 1.08 bits per heavy atom. The van der Waals surface area contributed by atoms with E-state index in [0.29, 0.717) is 5.91 Å². The molecule has 1 N–H and O–H groups in total. The van der Waals surface area contributed by atoms with Crippen molar-refractivity contribution in [1.29, 1.82) is 0 Å². The molecule has 1 saturated carbocycles. The third kappa shape index (κ3) is 4.12. The second-order valence-corrected chi connectivity index (χ2v) is 7.76. The van der Waals surface area contributed by atoms with E-state index >= 15 is 0 Å². The number of carbonyl (C=O) groups excluding carboxylic acids is 2. The molecule has 2 amide bonds. The summed E-state index contributed by atoms with van der Waals surface area (Å²) >= 11 is 1.72. The molecule has 0 radical (unpaired) electrons. The van der Waals surface area contributed by atoms with Gasteiger partial charge in [-0.05, 0) is 56.6 Å². The zero-order valence-electron chi connectivity index (χ0n) is 14.5. The van der Waals surface area contributed by atoms with Gasteiger partial charge in [-0.25, -0.2) is 0 Å². The average Bonchev–Trinajstić information content (AvgIpc) is 3.46. The van der Waals surface area contributed by atoms with Crippen LogP contribution < -0.4 is 5.32 Å². The Morgan fingerprint density at radius 2 is 1.71 bits per heavy atom. The van der Waals surface area contributed by atoms with E-state index in [1.807, 2.05) is 11.8 Å². The Kier molecular flexibility index (Phi) is 5.49. The van der Waals surface area contributed by atoms with Crippen LogP contribution in [0, 0.1) is 11.8 Å². The number of hydrogen-bond donors (Lipinski definition) is 1. The van der Waals surface area contributed by atoms with Crippen molar-refractivity contribution in [1.82, 2.24) is 10.2 Å². The third-order valence-electron chi connectivity index (χ3n) is 5.08. The van der Waals surface area contributed by atoms with E-state index in [1.54, 1.807) is 11.8 Å². The van der Waals surface area contributed by atoms with Gasteiger partial charge in [-0.1, -0.05) is 12.1 Å². The summed E-state index contributed by atoms with van der Waals surface area (Å²) in [6.45, 7) is 3.48. The summed E-state index contributed by atoms with van der Waals surface area (Å²) in [5, 5.41) is 3.13. The molecule has 0 aromatic heterocycles. The standard InChI is InChI=1S/C19H26N2O2S/c1-13(14-5-7-17(24-2)8-6-14)20-18(22)15-9-11-21(12-10-15)19(23)16-3-4-16/h5-8,13,15-16H,3-4,9-12H2,1-2H3,(H,20,22). The molecule has 130 valence electrons. The van der Waals surface area contributed by atoms with Crippen molar-refractivity contribution in [3.63, 3.8) is 0 Å². The van der Waals surface area contributed by atoms with Gasteiger partial charge in [-0.2, -0.15) is 0 Å². The molecule has 1 atom stereocenters. The number of nitrogens with one attached hydrogen (secondary N) is 1. The molecule has 3 rings (SSSR count). The topological polar surface area (TPSA) is 49.4 Å². The lowest BCUT2D eigenvalue weighted by Gasteiger charge is -2.32.